The summed E-state index contributed by atoms with van der Waals surface area (Å²) in [6, 6.07) is -0.758. The molecule has 0 aliphatic carbocycles. The Hall–Kier alpha value is -3.15. The Morgan fingerprint density at radius 2 is 0.897 bits per heavy atom. The van der Waals surface area contributed by atoms with Crippen molar-refractivity contribution in [3.8, 4) is 0 Å². The second-order valence-electron chi connectivity index (χ2n) is 18.3. The van der Waals surface area contributed by atoms with E-state index in [1.807, 2.05) is 0 Å². The van der Waals surface area contributed by atoms with Gasteiger partial charge in [0.2, 0.25) is 5.91 Å². The number of hydrogen-bond donors (Lipinski definition) is 6. The highest BCUT2D eigenvalue weighted by Crippen LogP contribution is 2.23. The van der Waals surface area contributed by atoms with Crippen molar-refractivity contribution in [3.63, 3.8) is 0 Å². The molecule has 9 heteroatoms. The van der Waals surface area contributed by atoms with Gasteiger partial charge >= 0.3 is 0 Å². The minimum Gasteiger partial charge on any atom is -0.394 e. The number of rotatable bonds is 44. The van der Waals surface area contributed by atoms with Crippen LogP contribution in [0.25, 0.3) is 0 Å². The first-order valence-electron chi connectivity index (χ1n) is 27.1. The first-order chi connectivity index (χ1) is 33.3. The van der Waals surface area contributed by atoms with Gasteiger partial charge in [-0.05, 0) is 77.0 Å². The van der Waals surface area contributed by atoms with Crippen LogP contribution in [0.15, 0.2) is 109 Å². The van der Waals surface area contributed by atoms with Gasteiger partial charge in [-0.1, -0.05) is 226 Å². The first-order valence-corrected chi connectivity index (χ1v) is 27.1. The molecule has 7 unspecified atom stereocenters. The monoisotopic (exact) mass is 950 g/mol. The summed E-state index contributed by atoms with van der Waals surface area (Å²) in [5.41, 5.74) is 0. The average Bonchev–Trinajstić information content (AvgIpc) is 3.34. The van der Waals surface area contributed by atoms with Crippen LogP contribution in [0.5, 0.6) is 0 Å². The quantitative estimate of drug-likeness (QED) is 0.0261. The van der Waals surface area contributed by atoms with Gasteiger partial charge in [0.05, 0.1) is 25.4 Å². The molecule has 68 heavy (non-hydrogen) atoms. The third kappa shape index (κ3) is 36.8. The van der Waals surface area contributed by atoms with E-state index in [1.54, 1.807) is 0 Å². The van der Waals surface area contributed by atoms with Crippen molar-refractivity contribution in [2.24, 2.45) is 0 Å². The number of unbranched alkanes of at least 4 members (excludes halogenated alkanes) is 16. The Labute approximate surface area is 415 Å². The first kappa shape index (κ1) is 62.9. The van der Waals surface area contributed by atoms with E-state index in [9.17, 15) is 30.3 Å². The number of amides is 1. The predicted molar refractivity (Wildman–Crippen MR) is 285 cm³/mol. The third-order valence-electron chi connectivity index (χ3n) is 12.1. The average molecular weight is 950 g/mol. The van der Waals surface area contributed by atoms with Crippen LogP contribution in [0, 0.1) is 0 Å². The minimum atomic E-state index is -1.57. The van der Waals surface area contributed by atoms with Crippen LogP contribution in [0.3, 0.4) is 0 Å². The molecule has 1 amide bonds. The molecule has 1 rings (SSSR count). The van der Waals surface area contributed by atoms with Crippen molar-refractivity contribution in [2.75, 3.05) is 13.2 Å². The number of ether oxygens (including phenoxy) is 2. The predicted octanol–water partition coefficient (Wildman–Crippen LogP) is 13.0. The van der Waals surface area contributed by atoms with Crippen LogP contribution in [-0.2, 0) is 14.3 Å². The van der Waals surface area contributed by atoms with Crippen molar-refractivity contribution in [1.82, 2.24) is 5.32 Å². The van der Waals surface area contributed by atoms with Gasteiger partial charge in [0, 0.05) is 6.42 Å². The Morgan fingerprint density at radius 3 is 1.29 bits per heavy atom. The lowest BCUT2D eigenvalue weighted by Gasteiger charge is -2.40. The molecule has 0 aromatic rings. The molecule has 6 N–H and O–H groups in total. The van der Waals surface area contributed by atoms with Crippen molar-refractivity contribution >= 4 is 5.91 Å². The lowest BCUT2D eigenvalue weighted by Crippen LogP contribution is -2.60. The molecule has 1 aliphatic rings. The second kappa shape index (κ2) is 47.5. The largest absolute Gasteiger partial charge is 0.394 e. The number of hydrogen-bond acceptors (Lipinski definition) is 8. The van der Waals surface area contributed by atoms with Crippen molar-refractivity contribution < 1.29 is 39.8 Å². The fraction of sp³-hybridized carbons (Fsp3) is 0.678. The lowest BCUT2D eigenvalue weighted by molar-refractivity contribution is -0.302. The molecule has 1 aliphatic heterocycles. The van der Waals surface area contributed by atoms with Crippen LogP contribution >= 0.6 is 0 Å². The van der Waals surface area contributed by atoms with Crippen LogP contribution in [0.4, 0.5) is 0 Å². The van der Waals surface area contributed by atoms with Crippen molar-refractivity contribution in [2.45, 2.75) is 243 Å². The number of aliphatic hydroxyl groups excluding tert-OH is 5. The fourth-order valence-electron chi connectivity index (χ4n) is 7.87. The standard InChI is InChI=1S/C59H99NO8/c1-3-5-7-9-11-13-15-17-19-21-22-23-24-25-26-27-28-29-30-31-32-33-35-37-39-41-43-45-47-49-55(63)60-52(51-67-59-58(66)57(65)56(64)54(50-61)68-59)53(62)48-46-44-42-40-38-36-34-20-18-16-14-12-10-8-6-4-2/h5,7,11,13,17,19,22-23,25-26,28-29,31-32,35,37,41,43,52-54,56-59,61-62,64-66H,3-4,6,8-10,12,14-16,18,20-21,24,27,30,33-34,36,38-40,42,44-51H2,1-2H3,(H,60,63)/b7-5-,13-11-,19-17-,23-22-,26-25-,29-28-,32-31-,37-35-,43-41-. The molecule has 9 nitrogen and oxygen atoms in total. The van der Waals surface area contributed by atoms with E-state index in [-0.39, 0.29) is 18.9 Å². The molecule has 7 atom stereocenters. The highest BCUT2D eigenvalue weighted by atomic mass is 16.7. The Bertz CT molecular complexity index is 1430. The zero-order valence-corrected chi connectivity index (χ0v) is 42.8. The molecule has 1 fully saturated rings. The molecule has 0 bridgehead atoms. The highest BCUT2D eigenvalue weighted by Gasteiger charge is 2.44. The van der Waals surface area contributed by atoms with Crippen LogP contribution < -0.4 is 5.32 Å². The van der Waals surface area contributed by atoms with Gasteiger partial charge in [-0.25, -0.2) is 0 Å². The van der Waals surface area contributed by atoms with Gasteiger partial charge in [0.1, 0.15) is 24.4 Å². The fourth-order valence-corrected chi connectivity index (χ4v) is 7.87. The Balaban J connectivity index is 2.31. The van der Waals surface area contributed by atoms with Gasteiger partial charge in [-0.2, -0.15) is 0 Å². The third-order valence-corrected chi connectivity index (χ3v) is 12.1. The summed E-state index contributed by atoms with van der Waals surface area (Å²) in [5.74, 6) is -0.206. The van der Waals surface area contributed by atoms with Gasteiger partial charge in [-0.3, -0.25) is 4.79 Å². The normalized spacial score (nSPS) is 20.5. The number of allylic oxidation sites excluding steroid dienone is 18. The van der Waals surface area contributed by atoms with E-state index >= 15 is 0 Å². The molecule has 1 heterocycles. The van der Waals surface area contributed by atoms with Gasteiger partial charge in [0.25, 0.3) is 0 Å². The Morgan fingerprint density at radius 1 is 0.515 bits per heavy atom. The number of carbonyl (C=O) groups is 1. The van der Waals surface area contributed by atoms with Crippen molar-refractivity contribution in [1.29, 1.82) is 0 Å². The van der Waals surface area contributed by atoms with E-state index in [2.05, 4.69) is 129 Å². The van der Waals surface area contributed by atoms with Crippen LogP contribution in [0.1, 0.15) is 200 Å². The molecule has 0 radical (unpaired) electrons. The molecule has 388 valence electrons. The van der Waals surface area contributed by atoms with Gasteiger partial charge < -0.3 is 40.3 Å². The van der Waals surface area contributed by atoms with E-state index < -0.39 is 49.5 Å². The summed E-state index contributed by atoms with van der Waals surface area (Å²) < 4.78 is 11.3. The lowest BCUT2D eigenvalue weighted by atomic mass is 9.99. The summed E-state index contributed by atoms with van der Waals surface area (Å²) in [6.07, 6.45) is 62.5. The van der Waals surface area contributed by atoms with Gasteiger partial charge in [-0.15, -0.1) is 0 Å². The van der Waals surface area contributed by atoms with E-state index in [0.29, 0.717) is 12.8 Å². The molecule has 0 spiro atoms. The maximum absolute atomic E-state index is 13.0. The van der Waals surface area contributed by atoms with E-state index in [4.69, 9.17) is 9.47 Å². The van der Waals surface area contributed by atoms with Crippen LogP contribution in [0.2, 0.25) is 0 Å². The number of nitrogens with one attached hydrogen (secondary N) is 1. The molecule has 1 saturated heterocycles. The van der Waals surface area contributed by atoms with E-state index in [0.717, 1.165) is 83.5 Å². The topological polar surface area (TPSA) is 149 Å². The number of aliphatic hydroxyl groups is 5. The molecule has 0 aromatic carbocycles. The zero-order chi connectivity index (χ0) is 49.4. The zero-order valence-electron chi connectivity index (χ0n) is 42.8. The van der Waals surface area contributed by atoms with Crippen molar-refractivity contribution in [3.05, 3.63) is 109 Å². The smallest absolute Gasteiger partial charge is 0.220 e. The molecular weight excluding hydrogens is 851 g/mol. The summed E-state index contributed by atoms with van der Waals surface area (Å²) in [4.78, 5) is 13.0. The molecule has 0 saturated carbocycles. The van der Waals surface area contributed by atoms with E-state index in [1.165, 1.54) is 83.5 Å². The SMILES string of the molecule is CC/C=C\C/C=C\C/C=C\C/C=C\C/C=C\C/C=C\C/C=C\C/C=C\C/C=C\CCCC(=O)NC(COC1OC(CO)C(O)C(O)C1O)C(O)CCCCCCCCCCCCCCCCCC. The number of carbonyl (C=O) groups excluding carboxylic acids is 1. The summed E-state index contributed by atoms with van der Waals surface area (Å²) in [5, 5.41) is 54.5. The summed E-state index contributed by atoms with van der Waals surface area (Å²) in [6.45, 7) is 3.68. The van der Waals surface area contributed by atoms with Crippen LogP contribution in [-0.4, -0.2) is 87.5 Å². The molecule has 0 aromatic heterocycles. The summed E-state index contributed by atoms with van der Waals surface area (Å²) >= 11 is 0. The minimum absolute atomic E-state index is 0.168. The molecular formula is C59H99NO8. The highest BCUT2D eigenvalue weighted by molar-refractivity contribution is 5.76. The Kier molecular flexibility index (Phi) is 43.9. The maximum atomic E-state index is 13.0. The second-order valence-corrected chi connectivity index (χ2v) is 18.3. The van der Waals surface area contributed by atoms with Gasteiger partial charge in [0.15, 0.2) is 6.29 Å². The summed E-state index contributed by atoms with van der Waals surface area (Å²) in [7, 11) is 0. The maximum Gasteiger partial charge on any atom is 0.220 e.